The highest BCUT2D eigenvalue weighted by atomic mass is 32.1. The van der Waals surface area contributed by atoms with Crippen LogP contribution in [0.4, 0.5) is 18.9 Å². The maximum Gasteiger partial charge on any atom is 0.416 e. The van der Waals surface area contributed by atoms with E-state index in [1.165, 1.54) is 23.5 Å². The Morgan fingerprint density at radius 3 is 2.40 bits per heavy atom. The largest absolute Gasteiger partial charge is 0.481 e. The Labute approximate surface area is 175 Å². The Morgan fingerprint density at radius 2 is 1.83 bits per heavy atom. The summed E-state index contributed by atoms with van der Waals surface area (Å²) in [6.45, 7) is 2.42. The zero-order valence-electron chi connectivity index (χ0n) is 16.0. The fourth-order valence-corrected chi connectivity index (χ4v) is 4.39. The van der Waals surface area contributed by atoms with Crippen molar-refractivity contribution in [2.24, 2.45) is 5.92 Å². The average molecular weight is 432 g/mol. The van der Waals surface area contributed by atoms with Gasteiger partial charge in [0.05, 0.1) is 23.7 Å². The first-order valence-electron chi connectivity index (χ1n) is 9.43. The van der Waals surface area contributed by atoms with Crippen LogP contribution in [0, 0.1) is 12.8 Å². The van der Waals surface area contributed by atoms with Crippen LogP contribution in [0.1, 0.15) is 34.0 Å². The van der Waals surface area contributed by atoms with Crippen molar-refractivity contribution in [1.82, 2.24) is 4.98 Å². The Kier molecular flexibility index (Phi) is 5.27. The molecular weight excluding hydrogens is 413 g/mol. The van der Waals surface area contributed by atoms with E-state index >= 15 is 0 Å². The topological polar surface area (TPSA) is 62.2 Å². The third-order valence-electron chi connectivity index (χ3n) is 5.25. The van der Waals surface area contributed by atoms with Gasteiger partial charge in [0, 0.05) is 16.1 Å². The summed E-state index contributed by atoms with van der Waals surface area (Å²) in [6, 6.07) is 12.8. The molecule has 0 saturated heterocycles. The van der Waals surface area contributed by atoms with Crippen LogP contribution in [0.3, 0.4) is 0 Å². The second kappa shape index (κ2) is 7.75. The van der Waals surface area contributed by atoms with E-state index in [-0.39, 0.29) is 11.8 Å². The third kappa shape index (κ3) is 4.33. The first-order chi connectivity index (χ1) is 14.2. The van der Waals surface area contributed by atoms with Crippen LogP contribution in [0.2, 0.25) is 0 Å². The molecule has 1 aromatic heterocycles. The number of benzene rings is 2. The number of carboxylic acids is 1. The van der Waals surface area contributed by atoms with Gasteiger partial charge in [0.15, 0.2) is 0 Å². The van der Waals surface area contributed by atoms with Gasteiger partial charge in [0.25, 0.3) is 0 Å². The van der Waals surface area contributed by atoms with Gasteiger partial charge in [-0.25, -0.2) is 4.98 Å². The molecule has 0 spiro atoms. The molecule has 4 nitrogen and oxygen atoms in total. The number of hydrogen-bond donors (Lipinski definition) is 2. The highest BCUT2D eigenvalue weighted by Gasteiger charge is 2.44. The lowest BCUT2D eigenvalue weighted by atomic mass is 10.1. The summed E-state index contributed by atoms with van der Waals surface area (Å²) in [7, 11) is 0. The second-order valence-corrected chi connectivity index (χ2v) is 8.45. The van der Waals surface area contributed by atoms with Gasteiger partial charge in [-0.3, -0.25) is 4.79 Å². The minimum absolute atomic E-state index is 0.103. The summed E-state index contributed by atoms with van der Waals surface area (Å²) < 4.78 is 38.2. The molecule has 0 aliphatic heterocycles. The van der Waals surface area contributed by atoms with Crippen molar-refractivity contribution < 1.29 is 23.1 Å². The lowest BCUT2D eigenvalue weighted by Crippen LogP contribution is -2.03. The number of halogens is 3. The van der Waals surface area contributed by atoms with Crippen molar-refractivity contribution >= 4 is 23.0 Å². The average Bonchev–Trinajstić information content (AvgIpc) is 3.43. The van der Waals surface area contributed by atoms with Gasteiger partial charge in [-0.2, -0.15) is 13.2 Å². The van der Waals surface area contributed by atoms with Gasteiger partial charge in [0.2, 0.25) is 0 Å². The molecular formula is C22H19F3N2O2S. The predicted octanol–water partition coefficient (Wildman–Crippen LogP) is 5.94. The molecule has 0 bridgehead atoms. The molecule has 30 heavy (non-hydrogen) atoms. The summed E-state index contributed by atoms with van der Waals surface area (Å²) in [5, 5.41) is 13.0. The number of aromatic nitrogens is 1. The molecule has 1 heterocycles. The van der Waals surface area contributed by atoms with Gasteiger partial charge in [-0.1, -0.05) is 24.3 Å². The number of hydrogen-bond acceptors (Lipinski definition) is 4. The highest BCUT2D eigenvalue weighted by Crippen LogP contribution is 2.47. The van der Waals surface area contributed by atoms with Crippen LogP contribution in [-0.2, 0) is 17.5 Å². The van der Waals surface area contributed by atoms with Crippen LogP contribution >= 0.6 is 11.3 Å². The molecule has 2 aromatic carbocycles. The number of rotatable bonds is 6. The molecule has 156 valence electrons. The van der Waals surface area contributed by atoms with Crippen LogP contribution in [0.5, 0.6) is 0 Å². The molecule has 2 atom stereocenters. The Balaban J connectivity index is 1.40. The third-order valence-corrected chi connectivity index (χ3v) is 6.46. The minimum atomic E-state index is -4.35. The number of carbonyl (C=O) groups is 1. The minimum Gasteiger partial charge on any atom is -0.481 e. The molecule has 1 aliphatic carbocycles. The van der Waals surface area contributed by atoms with Crippen LogP contribution in [-0.4, -0.2) is 16.1 Å². The number of alkyl halides is 3. The number of nitrogens with one attached hydrogen (secondary N) is 1. The van der Waals surface area contributed by atoms with E-state index in [2.05, 4.69) is 10.3 Å². The smallest absolute Gasteiger partial charge is 0.416 e. The summed E-state index contributed by atoms with van der Waals surface area (Å²) in [6.07, 6.45) is -3.66. The molecule has 3 aromatic rings. The van der Waals surface area contributed by atoms with Crippen LogP contribution in [0.15, 0.2) is 48.5 Å². The SMILES string of the molecule is Cc1nc(-c2ccc(C(F)(F)F)cc2)sc1CNc1ccc([C@H]2C[C@@H]2C(=O)O)cc1. The molecule has 1 fully saturated rings. The van der Waals surface area contributed by atoms with Gasteiger partial charge < -0.3 is 10.4 Å². The molecule has 0 unspecified atom stereocenters. The zero-order valence-corrected chi connectivity index (χ0v) is 16.8. The molecule has 8 heteroatoms. The molecule has 0 amide bonds. The van der Waals surface area contributed by atoms with Crippen molar-refractivity contribution in [3.63, 3.8) is 0 Å². The van der Waals surface area contributed by atoms with Crippen molar-refractivity contribution in [3.8, 4) is 10.6 Å². The maximum absolute atomic E-state index is 12.7. The Hall–Kier alpha value is -2.87. The van der Waals surface area contributed by atoms with Gasteiger partial charge in [-0.15, -0.1) is 11.3 Å². The number of nitrogens with zero attached hydrogens (tertiary/aromatic N) is 1. The second-order valence-electron chi connectivity index (χ2n) is 7.37. The molecule has 4 rings (SSSR count). The normalized spacial score (nSPS) is 18.3. The molecule has 0 radical (unpaired) electrons. The quantitative estimate of drug-likeness (QED) is 0.506. The van der Waals surface area contributed by atoms with E-state index in [1.807, 2.05) is 31.2 Å². The number of thiazole rings is 1. The monoisotopic (exact) mass is 432 g/mol. The van der Waals surface area contributed by atoms with Crippen molar-refractivity contribution in [2.75, 3.05) is 5.32 Å². The van der Waals surface area contributed by atoms with Gasteiger partial charge in [0.1, 0.15) is 5.01 Å². The van der Waals surface area contributed by atoms with E-state index in [0.717, 1.165) is 34.0 Å². The van der Waals surface area contributed by atoms with Crippen LogP contribution < -0.4 is 5.32 Å². The van der Waals surface area contributed by atoms with Crippen molar-refractivity contribution in [1.29, 1.82) is 0 Å². The standard InChI is InChI=1S/C22H19F3N2O2S/c1-12-19(30-20(27-12)14-2-6-15(7-3-14)22(23,24)25)11-26-16-8-4-13(5-9-16)17-10-18(17)21(28)29/h2-9,17-18,26H,10-11H2,1H3,(H,28,29)/t17-,18+/m1/s1. The van der Waals surface area contributed by atoms with E-state index in [0.29, 0.717) is 23.5 Å². The fraction of sp³-hybridized carbons (Fsp3) is 0.273. The van der Waals surface area contributed by atoms with E-state index in [1.54, 1.807) is 0 Å². The number of aliphatic carboxylic acids is 1. The Morgan fingerprint density at radius 1 is 1.17 bits per heavy atom. The van der Waals surface area contributed by atoms with Gasteiger partial charge in [-0.05, 0) is 49.1 Å². The summed E-state index contributed by atoms with van der Waals surface area (Å²) in [4.78, 5) is 16.5. The highest BCUT2D eigenvalue weighted by molar-refractivity contribution is 7.15. The number of carboxylic acid groups (broad SMARTS) is 1. The summed E-state index contributed by atoms with van der Waals surface area (Å²) in [5.41, 5.74) is 2.76. The number of aryl methyl sites for hydroxylation is 1. The van der Waals surface area contributed by atoms with E-state index in [9.17, 15) is 18.0 Å². The zero-order chi connectivity index (χ0) is 21.5. The molecule has 1 aliphatic rings. The predicted molar refractivity (Wildman–Crippen MR) is 110 cm³/mol. The first-order valence-corrected chi connectivity index (χ1v) is 10.2. The van der Waals surface area contributed by atoms with E-state index in [4.69, 9.17) is 5.11 Å². The number of anilines is 1. The molecule has 2 N–H and O–H groups in total. The maximum atomic E-state index is 12.7. The lowest BCUT2D eigenvalue weighted by Gasteiger charge is -2.07. The van der Waals surface area contributed by atoms with Crippen molar-refractivity contribution in [3.05, 3.63) is 70.2 Å². The lowest BCUT2D eigenvalue weighted by molar-refractivity contribution is -0.139. The fourth-order valence-electron chi connectivity index (χ4n) is 3.38. The molecule has 1 saturated carbocycles. The van der Waals surface area contributed by atoms with Crippen molar-refractivity contribution in [2.45, 2.75) is 32.0 Å². The summed E-state index contributed by atoms with van der Waals surface area (Å²) in [5.74, 6) is -0.912. The Bertz CT molecular complexity index is 1060. The summed E-state index contributed by atoms with van der Waals surface area (Å²) >= 11 is 1.45. The van der Waals surface area contributed by atoms with Gasteiger partial charge >= 0.3 is 12.1 Å². The van der Waals surface area contributed by atoms with Crippen LogP contribution in [0.25, 0.3) is 10.6 Å². The first kappa shape index (κ1) is 20.4. The van der Waals surface area contributed by atoms with E-state index < -0.39 is 17.7 Å².